The molecule has 0 bridgehead atoms. The molecule has 2 aromatic carbocycles. The quantitative estimate of drug-likeness (QED) is 0.686. The molecule has 0 aliphatic carbocycles. The van der Waals surface area contributed by atoms with Crippen LogP contribution in [0.2, 0.25) is 0 Å². The number of rotatable bonds is 2. The Morgan fingerprint density at radius 3 is 2.43 bits per heavy atom. The topological polar surface area (TPSA) is 38.2 Å². The molecule has 4 rings (SSSR count). The molecule has 0 unspecified atom stereocenters. The molecule has 0 N–H and O–H groups in total. The van der Waals surface area contributed by atoms with Gasteiger partial charge in [-0.05, 0) is 24.3 Å². The third kappa shape index (κ3) is 2.94. The summed E-state index contributed by atoms with van der Waals surface area (Å²) >= 11 is 3.47. The first kappa shape index (κ1) is 14.6. The van der Waals surface area contributed by atoms with Crippen molar-refractivity contribution in [1.82, 2.24) is 9.97 Å². The summed E-state index contributed by atoms with van der Waals surface area (Å²) < 4.78 is 6.52. The van der Waals surface area contributed by atoms with Gasteiger partial charge >= 0.3 is 0 Å². The fourth-order valence-electron chi connectivity index (χ4n) is 2.80. The predicted octanol–water partition coefficient (Wildman–Crippen LogP) is 3.90. The van der Waals surface area contributed by atoms with Crippen LogP contribution in [0.3, 0.4) is 0 Å². The summed E-state index contributed by atoms with van der Waals surface area (Å²) in [4.78, 5) is 11.9. The summed E-state index contributed by atoms with van der Waals surface area (Å²) in [5, 5.41) is 1.09. The van der Waals surface area contributed by atoms with Gasteiger partial charge in [0.1, 0.15) is 5.82 Å². The van der Waals surface area contributed by atoms with Gasteiger partial charge in [0, 0.05) is 28.5 Å². The number of para-hydroxylation sites is 1. The Labute approximate surface area is 143 Å². The molecule has 3 aromatic rings. The summed E-state index contributed by atoms with van der Waals surface area (Å²) in [6.45, 7) is 3.21. The first-order valence-corrected chi connectivity index (χ1v) is 8.46. The number of ether oxygens (including phenoxy) is 1. The van der Waals surface area contributed by atoms with E-state index in [0.29, 0.717) is 0 Å². The lowest BCUT2D eigenvalue weighted by atomic mass is 10.1. The Balaban J connectivity index is 1.87. The second-order valence-corrected chi connectivity index (χ2v) is 6.41. The predicted molar refractivity (Wildman–Crippen MR) is 95.7 cm³/mol. The Morgan fingerprint density at radius 1 is 0.913 bits per heavy atom. The molecule has 116 valence electrons. The molecule has 5 heteroatoms. The lowest BCUT2D eigenvalue weighted by molar-refractivity contribution is 0.122. The Bertz CT molecular complexity index is 829. The van der Waals surface area contributed by atoms with Gasteiger partial charge in [-0.3, -0.25) is 0 Å². The molecule has 1 aliphatic rings. The van der Waals surface area contributed by atoms with E-state index in [2.05, 4.69) is 26.9 Å². The first-order valence-electron chi connectivity index (χ1n) is 7.67. The second-order valence-electron chi connectivity index (χ2n) is 5.49. The molecule has 23 heavy (non-hydrogen) atoms. The number of morpholine rings is 1. The maximum atomic E-state index is 5.47. The average molecular weight is 370 g/mol. The summed E-state index contributed by atoms with van der Waals surface area (Å²) in [6.07, 6.45) is 0. The summed E-state index contributed by atoms with van der Waals surface area (Å²) in [6, 6.07) is 16.3. The molecule has 0 saturated carbocycles. The Hall–Kier alpha value is -1.98. The summed E-state index contributed by atoms with van der Waals surface area (Å²) in [7, 11) is 0. The molecule has 0 atom stereocenters. The number of fused-ring (bicyclic) bond motifs is 1. The van der Waals surface area contributed by atoms with Crippen molar-refractivity contribution in [2.75, 3.05) is 31.2 Å². The third-order valence-electron chi connectivity index (χ3n) is 4.00. The molecule has 0 amide bonds. The molecule has 1 aromatic heterocycles. The van der Waals surface area contributed by atoms with Gasteiger partial charge in [-0.2, -0.15) is 0 Å². The Morgan fingerprint density at radius 2 is 1.65 bits per heavy atom. The highest BCUT2D eigenvalue weighted by Crippen LogP contribution is 2.28. The molecular weight excluding hydrogens is 354 g/mol. The zero-order valence-corrected chi connectivity index (χ0v) is 14.2. The van der Waals surface area contributed by atoms with Crippen LogP contribution in [-0.4, -0.2) is 36.3 Å². The molecule has 0 spiro atoms. The molecular formula is C18H16BrN3O. The molecule has 2 heterocycles. The number of benzene rings is 2. The van der Waals surface area contributed by atoms with Crippen LogP contribution in [0.15, 0.2) is 53.0 Å². The van der Waals surface area contributed by atoms with Crippen molar-refractivity contribution in [3.8, 4) is 11.4 Å². The van der Waals surface area contributed by atoms with Crippen LogP contribution in [-0.2, 0) is 4.74 Å². The van der Waals surface area contributed by atoms with E-state index in [0.717, 1.165) is 58.9 Å². The first-order chi connectivity index (χ1) is 11.3. The van der Waals surface area contributed by atoms with Crippen LogP contribution >= 0.6 is 15.9 Å². The lowest BCUT2D eigenvalue weighted by Crippen LogP contribution is -2.37. The van der Waals surface area contributed by atoms with Gasteiger partial charge < -0.3 is 9.64 Å². The smallest absolute Gasteiger partial charge is 0.162 e. The Kier molecular flexibility index (Phi) is 3.97. The number of hydrogen-bond donors (Lipinski definition) is 0. The minimum absolute atomic E-state index is 0.742. The van der Waals surface area contributed by atoms with Crippen molar-refractivity contribution < 1.29 is 4.74 Å². The van der Waals surface area contributed by atoms with Crippen molar-refractivity contribution in [2.24, 2.45) is 0 Å². The van der Waals surface area contributed by atoms with Gasteiger partial charge in [0.2, 0.25) is 0 Å². The van der Waals surface area contributed by atoms with E-state index in [9.17, 15) is 0 Å². The third-order valence-corrected chi connectivity index (χ3v) is 4.52. The molecule has 1 fully saturated rings. The van der Waals surface area contributed by atoms with Gasteiger partial charge in [-0.25, -0.2) is 9.97 Å². The van der Waals surface area contributed by atoms with Gasteiger partial charge in [-0.1, -0.05) is 40.2 Å². The summed E-state index contributed by atoms with van der Waals surface area (Å²) in [5.74, 6) is 1.76. The van der Waals surface area contributed by atoms with Crippen LogP contribution in [0, 0.1) is 0 Å². The van der Waals surface area contributed by atoms with Crippen molar-refractivity contribution >= 4 is 32.7 Å². The summed E-state index contributed by atoms with van der Waals surface area (Å²) in [5.41, 5.74) is 2.00. The van der Waals surface area contributed by atoms with E-state index < -0.39 is 0 Å². The van der Waals surface area contributed by atoms with E-state index in [4.69, 9.17) is 14.7 Å². The van der Waals surface area contributed by atoms with Crippen molar-refractivity contribution in [3.05, 3.63) is 53.0 Å². The molecule has 0 radical (unpaired) electrons. The van der Waals surface area contributed by atoms with Gasteiger partial charge in [-0.15, -0.1) is 0 Å². The zero-order valence-electron chi connectivity index (χ0n) is 12.6. The molecule has 1 aliphatic heterocycles. The average Bonchev–Trinajstić information content (AvgIpc) is 2.62. The van der Waals surface area contributed by atoms with E-state index >= 15 is 0 Å². The monoisotopic (exact) mass is 369 g/mol. The number of nitrogens with zero attached hydrogens (tertiary/aromatic N) is 3. The maximum absolute atomic E-state index is 5.47. The minimum Gasteiger partial charge on any atom is -0.378 e. The maximum Gasteiger partial charge on any atom is 0.162 e. The van der Waals surface area contributed by atoms with Crippen molar-refractivity contribution in [2.45, 2.75) is 0 Å². The van der Waals surface area contributed by atoms with Crippen molar-refractivity contribution in [3.63, 3.8) is 0 Å². The highest BCUT2D eigenvalue weighted by atomic mass is 79.9. The van der Waals surface area contributed by atoms with E-state index in [1.807, 2.05) is 42.5 Å². The van der Waals surface area contributed by atoms with Crippen molar-refractivity contribution in [1.29, 1.82) is 0 Å². The number of anilines is 1. The van der Waals surface area contributed by atoms with Gasteiger partial charge in [0.15, 0.2) is 5.82 Å². The van der Waals surface area contributed by atoms with E-state index in [-0.39, 0.29) is 0 Å². The zero-order chi connectivity index (χ0) is 15.6. The molecule has 1 saturated heterocycles. The van der Waals surface area contributed by atoms with Crippen LogP contribution in [0.5, 0.6) is 0 Å². The van der Waals surface area contributed by atoms with Gasteiger partial charge in [0.05, 0.1) is 18.7 Å². The minimum atomic E-state index is 0.742. The lowest BCUT2D eigenvalue weighted by Gasteiger charge is -2.29. The fourth-order valence-corrected chi connectivity index (χ4v) is 3.07. The number of halogens is 1. The molecule has 4 nitrogen and oxygen atoms in total. The van der Waals surface area contributed by atoms with Crippen LogP contribution in [0.25, 0.3) is 22.3 Å². The van der Waals surface area contributed by atoms with E-state index in [1.54, 1.807) is 0 Å². The van der Waals surface area contributed by atoms with Crippen LogP contribution < -0.4 is 4.90 Å². The normalized spacial score (nSPS) is 15.1. The second kappa shape index (κ2) is 6.26. The largest absolute Gasteiger partial charge is 0.378 e. The highest BCUT2D eigenvalue weighted by molar-refractivity contribution is 9.10. The number of aromatic nitrogens is 2. The number of hydrogen-bond acceptors (Lipinski definition) is 4. The standard InChI is InChI=1S/C18H16BrN3O/c19-14-7-5-13(6-8-14)17-20-16-4-2-1-3-15(16)18(21-17)22-9-11-23-12-10-22/h1-8H,9-12H2. The van der Waals surface area contributed by atoms with Crippen LogP contribution in [0.1, 0.15) is 0 Å². The SMILES string of the molecule is Brc1ccc(-c2nc(N3CCOCC3)c3ccccc3n2)cc1. The van der Waals surface area contributed by atoms with E-state index in [1.165, 1.54) is 0 Å². The fraction of sp³-hybridized carbons (Fsp3) is 0.222. The highest BCUT2D eigenvalue weighted by Gasteiger charge is 2.17. The van der Waals surface area contributed by atoms with Crippen LogP contribution in [0.4, 0.5) is 5.82 Å². The van der Waals surface area contributed by atoms with Gasteiger partial charge in [0.25, 0.3) is 0 Å².